The molecular formula is C25H34N4O2. The van der Waals surface area contributed by atoms with Gasteiger partial charge < -0.3 is 20.6 Å². The molecule has 0 radical (unpaired) electrons. The van der Waals surface area contributed by atoms with Gasteiger partial charge in [-0.15, -0.1) is 0 Å². The zero-order chi connectivity index (χ0) is 21.5. The van der Waals surface area contributed by atoms with Gasteiger partial charge in [0.2, 0.25) is 5.91 Å². The van der Waals surface area contributed by atoms with Gasteiger partial charge in [0.1, 0.15) is 0 Å². The molecule has 4 rings (SSSR count). The molecule has 0 spiro atoms. The quantitative estimate of drug-likeness (QED) is 0.610. The fourth-order valence-electron chi connectivity index (χ4n) is 4.71. The highest BCUT2D eigenvalue weighted by molar-refractivity contribution is 5.92. The molecule has 0 aliphatic carbocycles. The molecule has 0 saturated carbocycles. The van der Waals surface area contributed by atoms with E-state index in [4.69, 9.17) is 0 Å². The van der Waals surface area contributed by atoms with Gasteiger partial charge in [-0.2, -0.15) is 0 Å². The minimum atomic E-state index is -0.0441. The van der Waals surface area contributed by atoms with Gasteiger partial charge in [0.25, 0.3) is 0 Å². The number of aliphatic hydroxyl groups excluding tert-OH is 1. The number of hydrogen-bond donors (Lipinski definition) is 3. The highest BCUT2D eigenvalue weighted by Crippen LogP contribution is 2.22. The molecule has 3 N–H and O–H groups in total. The average Bonchev–Trinajstić information content (AvgIpc) is 3.34. The third-order valence-electron chi connectivity index (χ3n) is 6.45. The van der Waals surface area contributed by atoms with E-state index in [2.05, 4.69) is 56.8 Å². The predicted octanol–water partition coefficient (Wildman–Crippen LogP) is 2.70. The summed E-state index contributed by atoms with van der Waals surface area (Å²) in [5.74, 6) is 0.0855. The lowest BCUT2D eigenvalue weighted by molar-refractivity contribution is -0.115. The lowest BCUT2D eigenvalue weighted by Gasteiger charge is -2.38. The summed E-state index contributed by atoms with van der Waals surface area (Å²) in [7, 11) is 0. The van der Waals surface area contributed by atoms with Crippen molar-refractivity contribution in [1.29, 1.82) is 0 Å². The van der Waals surface area contributed by atoms with E-state index in [0.717, 1.165) is 44.8 Å². The number of hydrogen-bond acceptors (Lipinski definition) is 5. The molecule has 6 heteroatoms. The van der Waals surface area contributed by atoms with Crippen molar-refractivity contribution in [2.75, 3.05) is 49.5 Å². The Bertz CT molecular complexity index is 821. The number of carbonyl (C=O) groups is 1. The minimum absolute atomic E-state index is 0.0441. The van der Waals surface area contributed by atoms with Crippen LogP contribution >= 0.6 is 0 Å². The Labute approximate surface area is 185 Å². The summed E-state index contributed by atoms with van der Waals surface area (Å²) in [5.41, 5.74) is 3.34. The summed E-state index contributed by atoms with van der Waals surface area (Å²) >= 11 is 0. The maximum absolute atomic E-state index is 12.4. The van der Waals surface area contributed by atoms with Crippen LogP contribution in [0.25, 0.3) is 0 Å². The second kappa shape index (κ2) is 10.8. The van der Waals surface area contributed by atoms with Gasteiger partial charge in [-0.25, -0.2) is 0 Å². The lowest BCUT2D eigenvalue weighted by Crippen LogP contribution is -2.51. The van der Waals surface area contributed by atoms with E-state index in [1.807, 2.05) is 18.2 Å². The number of likely N-dealkylation sites (tertiary alicyclic amines) is 1. The third kappa shape index (κ3) is 6.06. The molecule has 2 unspecified atom stereocenters. The summed E-state index contributed by atoms with van der Waals surface area (Å²) in [6, 6.07) is 18.7. The SMILES string of the molecule is O=C(CNC1CCN(Cc2ccccc2)CC1CO)Nc1ccc(N2CCCC2)cc1. The van der Waals surface area contributed by atoms with E-state index >= 15 is 0 Å². The fourth-order valence-corrected chi connectivity index (χ4v) is 4.71. The Balaban J connectivity index is 1.22. The van der Waals surface area contributed by atoms with Gasteiger partial charge in [0, 0.05) is 56.1 Å². The van der Waals surface area contributed by atoms with Crippen molar-refractivity contribution in [3.05, 3.63) is 60.2 Å². The Hall–Kier alpha value is -2.41. The number of rotatable bonds is 8. The van der Waals surface area contributed by atoms with Gasteiger partial charge in [-0.1, -0.05) is 30.3 Å². The Morgan fingerprint density at radius 3 is 2.45 bits per heavy atom. The van der Waals surface area contributed by atoms with E-state index in [-0.39, 0.29) is 31.0 Å². The molecule has 31 heavy (non-hydrogen) atoms. The number of nitrogens with zero attached hydrogens (tertiary/aromatic N) is 2. The van der Waals surface area contributed by atoms with Crippen LogP contribution in [0.1, 0.15) is 24.8 Å². The molecule has 166 valence electrons. The monoisotopic (exact) mass is 422 g/mol. The Kier molecular flexibility index (Phi) is 7.57. The van der Waals surface area contributed by atoms with Crippen LogP contribution in [0.15, 0.2) is 54.6 Å². The molecule has 2 aromatic rings. The first-order chi connectivity index (χ1) is 15.2. The molecular weight excluding hydrogens is 388 g/mol. The normalized spacial score (nSPS) is 21.9. The van der Waals surface area contributed by atoms with Crippen molar-refractivity contribution < 1.29 is 9.90 Å². The molecule has 0 aromatic heterocycles. The molecule has 2 aromatic carbocycles. The highest BCUT2D eigenvalue weighted by Gasteiger charge is 2.28. The van der Waals surface area contributed by atoms with Crippen LogP contribution in [0.3, 0.4) is 0 Å². The van der Waals surface area contributed by atoms with Crippen molar-refractivity contribution in [3.63, 3.8) is 0 Å². The number of benzene rings is 2. The van der Waals surface area contributed by atoms with Crippen LogP contribution in [0.4, 0.5) is 11.4 Å². The van der Waals surface area contributed by atoms with Crippen LogP contribution in [-0.4, -0.2) is 61.3 Å². The highest BCUT2D eigenvalue weighted by atomic mass is 16.3. The van der Waals surface area contributed by atoms with Crippen LogP contribution in [0, 0.1) is 5.92 Å². The smallest absolute Gasteiger partial charge is 0.238 e. The van der Waals surface area contributed by atoms with Crippen molar-refractivity contribution >= 4 is 17.3 Å². The maximum Gasteiger partial charge on any atom is 0.238 e. The summed E-state index contributed by atoms with van der Waals surface area (Å²) in [4.78, 5) is 17.2. The van der Waals surface area contributed by atoms with Gasteiger partial charge in [0.15, 0.2) is 0 Å². The van der Waals surface area contributed by atoms with Crippen molar-refractivity contribution in [1.82, 2.24) is 10.2 Å². The molecule has 6 nitrogen and oxygen atoms in total. The van der Waals surface area contributed by atoms with Crippen molar-refractivity contribution in [2.45, 2.75) is 31.8 Å². The molecule has 2 heterocycles. The van der Waals surface area contributed by atoms with Crippen molar-refractivity contribution in [3.8, 4) is 0 Å². The van der Waals surface area contributed by atoms with E-state index in [1.54, 1.807) is 0 Å². The van der Waals surface area contributed by atoms with E-state index in [9.17, 15) is 9.90 Å². The number of piperidine rings is 1. The summed E-state index contributed by atoms with van der Waals surface area (Å²) < 4.78 is 0. The fraction of sp³-hybridized carbons (Fsp3) is 0.480. The van der Waals surface area contributed by atoms with E-state index in [0.29, 0.717) is 0 Å². The van der Waals surface area contributed by atoms with Gasteiger partial charge in [0.05, 0.1) is 6.54 Å². The van der Waals surface area contributed by atoms with Crippen LogP contribution in [-0.2, 0) is 11.3 Å². The van der Waals surface area contributed by atoms with Crippen LogP contribution < -0.4 is 15.5 Å². The standard InChI is InChI=1S/C25H34N4O2/c30-19-21-18-28(17-20-6-2-1-3-7-20)15-12-24(21)26-16-25(31)27-22-8-10-23(11-9-22)29-13-4-5-14-29/h1-3,6-11,21,24,26,30H,4-5,12-19H2,(H,27,31). The number of carbonyl (C=O) groups excluding carboxylic acids is 1. The van der Waals surface area contributed by atoms with E-state index in [1.165, 1.54) is 24.1 Å². The van der Waals surface area contributed by atoms with Crippen molar-refractivity contribution in [2.24, 2.45) is 5.92 Å². The second-order valence-corrected chi connectivity index (χ2v) is 8.73. The molecule has 2 aliphatic heterocycles. The van der Waals surface area contributed by atoms with Crippen LogP contribution in [0.5, 0.6) is 0 Å². The second-order valence-electron chi connectivity index (χ2n) is 8.73. The Morgan fingerprint density at radius 2 is 1.74 bits per heavy atom. The first-order valence-electron chi connectivity index (χ1n) is 11.5. The molecule has 2 fully saturated rings. The topological polar surface area (TPSA) is 67.8 Å². The summed E-state index contributed by atoms with van der Waals surface area (Å²) in [6.07, 6.45) is 3.43. The van der Waals surface area contributed by atoms with Gasteiger partial charge in [-0.05, 0) is 55.6 Å². The van der Waals surface area contributed by atoms with Gasteiger partial charge >= 0.3 is 0 Å². The largest absolute Gasteiger partial charge is 0.396 e. The van der Waals surface area contributed by atoms with Crippen LogP contribution in [0.2, 0.25) is 0 Å². The number of amides is 1. The number of aliphatic hydroxyl groups is 1. The van der Waals surface area contributed by atoms with E-state index < -0.39 is 0 Å². The lowest BCUT2D eigenvalue weighted by atomic mass is 9.92. The number of nitrogens with one attached hydrogen (secondary N) is 2. The summed E-state index contributed by atoms with van der Waals surface area (Å²) in [5, 5.41) is 16.2. The average molecular weight is 423 g/mol. The zero-order valence-corrected chi connectivity index (χ0v) is 18.2. The predicted molar refractivity (Wildman–Crippen MR) is 125 cm³/mol. The third-order valence-corrected chi connectivity index (χ3v) is 6.45. The first-order valence-corrected chi connectivity index (χ1v) is 11.5. The molecule has 0 bridgehead atoms. The molecule has 1 amide bonds. The zero-order valence-electron chi connectivity index (χ0n) is 18.2. The molecule has 2 aliphatic rings. The summed E-state index contributed by atoms with van der Waals surface area (Å²) in [6.45, 7) is 5.32. The number of anilines is 2. The first kappa shape index (κ1) is 21.8. The minimum Gasteiger partial charge on any atom is -0.396 e. The van der Waals surface area contributed by atoms with Gasteiger partial charge in [-0.3, -0.25) is 9.69 Å². The Morgan fingerprint density at radius 1 is 1.00 bits per heavy atom. The maximum atomic E-state index is 12.4. The molecule has 2 saturated heterocycles. The molecule has 2 atom stereocenters.